The highest BCUT2D eigenvalue weighted by Gasteiger charge is 2.73. The number of hydrogen-bond donors (Lipinski definition) is 0. The number of ether oxygens (including phenoxy) is 2. The van der Waals surface area contributed by atoms with E-state index in [2.05, 4.69) is 5.10 Å². The summed E-state index contributed by atoms with van der Waals surface area (Å²) in [4.78, 5) is 42.5. The van der Waals surface area contributed by atoms with Crippen LogP contribution >= 0.6 is 0 Å². The second kappa shape index (κ2) is 8.16. The number of hydrazone groups is 1. The first kappa shape index (κ1) is 22.2. The molecule has 1 aliphatic carbocycles. The lowest BCUT2D eigenvalue weighted by atomic mass is 9.63. The Kier molecular flexibility index (Phi) is 5.03. The molecule has 0 N–H and O–H groups in total. The Morgan fingerprint density at radius 2 is 1.58 bits per heavy atom. The van der Waals surface area contributed by atoms with Gasteiger partial charge in [0.05, 0.1) is 26.0 Å². The summed E-state index contributed by atoms with van der Waals surface area (Å²) in [5.74, 6) is -1.31. The van der Waals surface area contributed by atoms with E-state index in [-0.39, 0.29) is 18.2 Å². The van der Waals surface area contributed by atoms with Crippen LogP contribution in [-0.4, -0.2) is 48.5 Å². The zero-order chi connectivity index (χ0) is 25.0. The predicted octanol–water partition coefficient (Wildman–Crippen LogP) is 4.18. The van der Waals surface area contributed by atoms with Crippen LogP contribution in [0.5, 0.6) is 5.75 Å². The number of fused-ring (bicyclic) bond motifs is 5. The zero-order valence-corrected chi connectivity index (χ0v) is 19.9. The molecule has 0 aromatic heterocycles. The maximum Gasteiger partial charge on any atom is 0.331 e. The van der Waals surface area contributed by atoms with Gasteiger partial charge in [0, 0.05) is 17.0 Å². The normalized spacial score (nSPS) is 22.8. The number of benzene rings is 3. The maximum absolute atomic E-state index is 14.5. The van der Waals surface area contributed by atoms with E-state index in [9.17, 15) is 14.4 Å². The number of rotatable bonds is 4. The van der Waals surface area contributed by atoms with Gasteiger partial charge >= 0.3 is 5.97 Å². The molecule has 36 heavy (non-hydrogen) atoms. The first-order valence-corrected chi connectivity index (χ1v) is 11.9. The van der Waals surface area contributed by atoms with Crippen molar-refractivity contribution in [2.45, 2.75) is 24.9 Å². The average Bonchev–Trinajstić information content (AvgIpc) is 3.35. The minimum Gasteiger partial charge on any atom is -0.497 e. The molecule has 180 valence electrons. The summed E-state index contributed by atoms with van der Waals surface area (Å²) in [7, 11) is 1.57. The number of carbonyl (C=O) groups is 3. The largest absolute Gasteiger partial charge is 0.497 e. The number of nitrogens with zero attached hydrogens (tertiary/aromatic N) is 2. The summed E-state index contributed by atoms with van der Waals surface area (Å²) in [6.07, 6.45) is 1.68. The van der Waals surface area contributed by atoms with Gasteiger partial charge in [-0.1, -0.05) is 60.7 Å². The third-order valence-corrected chi connectivity index (χ3v) is 7.58. The summed E-state index contributed by atoms with van der Waals surface area (Å²) in [5.41, 5.74) is 1.42. The third-order valence-electron chi connectivity index (χ3n) is 7.58. The van der Waals surface area contributed by atoms with Crippen molar-refractivity contribution in [3.63, 3.8) is 0 Å². The smallest absolute Gasteiger partial charge is 0.331 e. The molecule has 3 aromatic rings. The number of esters is 1. The molecule has 0 saturated carbocycles. The molecular weight excluding hydrogens is 456 g/mol. The monoisotopic (exact) mass is 480 g/mol. The topological polar surface area (TPSA) is 85.3 Å². The zero-order valence-electron chi connectivity index (χ0n) is 19.9. The Labute approximate surface area is 208 Å². The van der Waals surface area contributed by atoms with Crippen LogP contribution in [0, 0.1) is 5.41 Å². The lowest BCUT2D eigenvalue weighted by Gasteiger charge is -2.36. The highest BCUT2D eigenvalue weighted by atomic mass is 16.5. The molecule has 0 bridgehead atoms. The van der Waals surface area contributed by atoms with Crippen molar-refractivity contribution < 1.29 is 23.9 Å². The number of hydrogen-bond acceptors (Lipinski definition) is 7. The van der Waals surface area contributed by atoms with Gasteiger partial charge in [-0.2, -0.15) is 5.10 Å². The summed E-state index contributed by atoms with van der Waals surface area (Å²) in [5, 5.41) is 6.28. The number of carbonyl (C=O) groups excluding carboxylic acids is 3. The maximum atomic E-state index is 14.5. The van der Waals surface area contributed by atoms with Gasteiger partial charge in [0.1, 0.15) is 11.2 Å². The van der Waals surface area contributed by atoms with Crippen molar-refractivity contribution in [1.29, 1.82) is 0 Å². The molecule has 1 saturated heterocycles. The molecular formula is C29H24N2O5. The standard InChI is InChI=1S/C29H24N2O5/c1-3-36-28(34)24-23(17-12-14-19(35-2)15-13-17)29(26(32)21-10-6-7-11-22(21)27(29)33)25-20-9-5-4-8-18(20)16-30-31(24)25/h4-16,23-25H,3H2,1-2H3/t23-,24+,25?/m1/s1. The van der Waals surface area contributed by atoms with Crippen molar-refractivity contribution in [2.24, 2.45) is 10.5 Å². The fourth-order valence-corrected chi connectivity index (χ4v) is 6.16. The van der Waals surface area contributed by atoms with Crippen LogP contribution in [0.25, 0.3) is 0 Å². The molecule has 3 aliphatic rings. The number of methoxy groups -OCH3 is 1. The molecule has 3 aromatic carbocycles. The molecule has 0 amide bonds. The van der Waals surface area contributed by atoms with Crippen molar-refractivity contribution in [3.05, 3.63) is 101 Å². The molecule has 7 nitrogen and oxygen atoms in total. The highest BCUT2D eigenvalue weighted by molar-refractivity contribution is 6.31. The van der Waals surface area contributed by atoms with Gasteiger partial charge < -0.3 is 9.47 Å². The number of ketones is 2. The van der Waals surface area contributed by atoms with Gasteiger partial charge in [-0.3, -0.25) is 14.6 Å². The van der Waals surface area contributed by atoms with E-state index in [1.165, 1.54) is 0 Å². The van der Waals surface area contributed by atoms with Crippen LogP contribution in [0.15, 0.2) is 77.9 Å². The molecule has 3 atom stereocenters. The van der Waals surface area contributed by atoms with Crippen molar-refractivity contribution in [3.8, 4) is 5.75 Å². The molecule has 1 spiro atoms. The van der Waals surface area contributed by atoms with Gasteiger partial charge in [-0.05, 0) is 35.7 Å². The molecule has 7 heteroatoms. The third kappa shape index (κ3) is 2.80. The van der Waals surface area contributed by atoms with Crippen LogP contribution < -0.4 is 4.74 Å². The molecule has 1 unspecified atom stereocenters. The summed E-state index contributed by atoms with van der Waals surface area (Å²) in [6.45, 7) is 1.90. The van der Waals surface area contributed by atoms with Gasteiger partial charge in [0.25, 0.3) is 0 Å². The van der Waals surface area contributed by atoms with Gasteiger partial charge in [0.2, 0.25) is 0 Å². The van der Waals surface area contributed by atoms with Gasteiger partial charge in [-0.25, -0.2) is 4.79 Å². The van der Waals surface area contributed by atoms with E-state index < -0.39 is 29.4 Å². The molecule has 6 rings (SSSR count). The fraction of sp³-hybridized carbons (Fsp3) is 0.241. The Hall–Kier alpha value is -4.26. The second-order valence-electron chi connectivity index (χ2n) is 9.18. The van der Waals surface area contributed by atoms with Crippen molar-refractivity contribution in [2.75, 3.05) is 13.7 Å². The summed E-state index contributed by atoms with van der Waals surface area (Å²) < 4.78 is 10.8. The minimum absolute atomic E-state index is 0.165. The van der Waals surface area contributed by atoms with Crippen LogP contribution in [0.2, 0.25) is 0 Å². The molecule has 0 radical (unpaired) electrons. The minimum atomic E-state index is -1.59. The molecule has 2 aliphatic heterocycles. The van der Waals surface area contributed by atoms with E-state index in [4.69, 9.17) is 9.47 Å². The van der Waals surface area contributed by atoms with Crippen LogP contribution in [0.1, 0.15) is 56.3 Å². The SMILES string of the molecule is CCOC(=O)[C@@H]1[C@@H](c2ccc(OC)cc2)C2(C(=O)c3ccccc3C2=O)C2c3ccccc3C=NN21. The summed E-state index contributed by atoms with van der Waals surface area (Å²) >= 11 is 0. The molecule has 1 fully saturated rings. The number of Topliss-reactive ketones (excluding diaryl/α,β-unsaturated/α-hetero) is 2. The lowest BCUT2D eigenvalue weighted by Crippen LogP contribution is -2.44. The van der Waals surface area contributed by atoms with Crippen LogP contribution in [0.3, 0.4) is 0 Å². The van der Waals surface area contributed by atoms with Gasteiger partial charge in [-0.15, -0.1) is 0 Å². The fourth-order valence-electron chi connectivity index (χ4n) is 6.16. The first-order valence-electron chi connectivity index (χ1n) is 11.9. The first-order chi connectivity index (χ1) is 17.5. The quantitative estimate of drug-likeness (QED) is 0.411. The summed E-state index contributed by atoms with van der Waals surface area (Å²) in [6, 6.07) is 19.9. The van der Waals surface area contributed by atoms with E-state index >= 15 is 0 Å². The predicted molar refractivity (Wildman–Crippen MR) is 132 cm³/mol. The van der Waals surface area contributed by atoms with E-state index in [0.717, 1.165) is 11.1 Å². The second-order valence-corrected chi connectivity index (χ2v) is 9.18. The highest BCUT2D eigenvalue weighted by Crippen LogP contribution is 2.64. The van der Waals surface area contributed by atoms with Gasteiger partial charge in [0.15, 0.2) is 17.6 Å². The van der Waals surface area contributed by atoms with E-state index in [0.29, 0.717) is 22.4 Å². The van der Waals surface area contributed by atoms with E-state index in [1.54, 1.807) is 61.7 Å². The van der Waals surface area contributed by atoms with Crippen molar-refractivity contribution in [1.82, 2.24) is 5.01 Å². The average molecular weight is 481 g/mol. The Morgan fingerprint density at radius 1 is 0.944 bits per heavy atom. The van der Waals surface area contributed by atoms with Crippen LogP contribution in [0.4, 0.5) is 0 Å². The lowest BCUT2D eigenvalue weighted by molar-refractivity contribution is -0.149. The van der Waals surface area contributed by atoms with Crippen molar-refractivity contribution >= 4 is 23.8 Å². The Balaban J connectivity index is 1.67. The molecule has 2 heterocycles. The van der Waals surface area contributed by atoms with Crippen LogP contribution in [-0.2, 0) is 9.53 Å². The Morgan fingerprint density at radius 3 is 2.22 bits per heavy atom. The van der Waals surface area contributed by atoms with E-state index in [1.807, 2.05) is 36.4 Å². The Bertz CT molecular complexity index is 1390.